The van der Waals surface area contributed by atoms with Gasteiger partial charge in [0.1, 0.15) is 0 Å². The summed E-state index contributed by atoms with van der Waals surface area (Å²) in [6, 6.07) is 5.14. The Morgan fingerprint density at radius 2 is 2.16 bits per heavy atom. The maximum atomic E-state index is 12.2. The summed E-state index contributed by atoms with van der Waals surface area (Å²) in [5, 5.41) is 2.81. The largest absolute Gasteiger partial charge is 0.346 e. The lowest BCUT2D eigenvalue weighted by molar-refractivity contribution is 0.0912. The second kappa shape index (κ2) is 5.10. The van der Waals surface area contributed by atoms with Crippen molar-refractivity contribution in [3.05, 3.63) is 28.2 Å². The van der Waals surface area contributed by atoms with Crippen LogP contribution < -0.4 is 5.32 Å². The number of sulfone groups is 1. The molecule has 104 valence electrons. The molecule has 1 aromatic rings. The van der Waals surface area contributed by atoms with Gasteiger partial charge >= 0.3 is 0 Å². The summed E-state index contributed by atoms with van der Waals surface area (Å²) in [6.07, 6.45) is 0.444. The molecule has 1 aliphatic heterocycles. The molecule has 1 atom stereocenters. The Morgan fingerprint density at radius 1 is 1.47 bits per heavy atom. The highest BCUT2D eigenvalue weighted by molar-refractivity contribution is 9.10. The zero-order chi connectivity index (χ0) is 14.3. The number of carbonyl (C=O) groups is 1. The molecule has 1 aromatic carbocycles. The molecule has 19 heavy (non-hydrogen) atoms. The van der Waals surface area contributed by atoms with Crippen molar-refractivity contribution in [2.45, 2.75) is 23.8 Å². The van der Waals surface area contributed by atoms with Crippen molar-refractivity contribution in [1.29, 1.82) is 0 Å². The van der Waals surface area contributed by atoms with Crippen LogP contribution in [0.15, 0.2) is 27.6 Å². The quantitative estimate of drug-likeness (QED) is 0.790. The number of rotatable bonds is 2. The third-order valence-electron chi connectivity index (χ3n) is 3.12. The van der Waals surface area contributed by atoms with Crippen LogP contribution in [0.2, 0.25) is 0 Å². The fourth-order valence-electron chi connectivity index (χ4n) is 2.15. The van der Waals surface area contributed by atoms with Crippen LogP contribution in [0.3, 0.4) is 0 Å². The molecule has 0 bridgehead atoms. The Kier molecular flexibility index (Phi) is 3.99. The molecule has 1 aliphatic rings. The Balaban J connectivity index is 2.18. The molecule has 2 rings (SSSR count). The van der Waals surface area contributed by atoms with Crippen molar-refractivity contribution in [3.8, 4) is 0 Å². The first kappa shape index (κ1) is 14.9. The standard InChI is InChI=1S/C12H14BrNO3S2/c1-12(4-5-19(16,17)7-12)14-11(15)9-3-2-8(13)6-10(9)18/h2-3,6,18H,4-5,7H2,1H3,(H,14,15). The predicted octanol–water partition coefficient (Wildman–Crippen LogP) is 2.04. The van der Waals surface area contributed by atoms with E-state index < -0.39 is 15.4 Å². The van der Waals surface area contributed by atoms with Crippen LogP contribution in [0.5, 0.6) is 0 Å². The molecule has 1 amide bonds. The zero-order valence-corrected chi connectivity index (χ0v) is 13.6. The minimum absolute atomic E-state index is 0.00975. The minimum atomic E-state index is -3.04. The van der Waals surface area contributed by atoms with Crippen molar-refractivity contribution in [2.75, 3.05) is 11.5 Å². The van der Waals surface area contributed by atoms with E-state index in [1.54, 1.807) is 25.1 Å². The van der Waals surface area contributed by atoms with Gasteiger partial charge in [-0.05, 0) is 31.5 Å². The zero-order valence-electron chi connectivity index (χ0n) is 10.3. The van der Waals surface area contributed by atoms with Gasteiger partial charge in [0.2, 0.25) is 0 Å². The van der Waals surface area contributed by atoms with Crippen LogP contribution in [-0.2, 0) is 9.84 Å². The molecule has 0 saturated carbocycles. The third-order valence-corrected chi connectivity index (χ3v) is 5.89. The summed E-state index contributed by atoms with van der Waals surface area (Å²) < 4.78 is 23.8. The monoisotopic (exact) mass is 363 g/mol. The van der Waals surface area contributed by atoms with E-state index in [0.717, 1.165) is 4.47 Å². The van der Waals surface area contributed by atoms with Gasteiger partial charge in [-0.1, -0.05) is 15.9 Å². The van der Waals surface area contributed by atoms with Crippen molar-refractivity contribution in [1.82, 2.24) is 5.32 Å². The van der Waals surface area contributed by atoms with Gasteiger partial charge in [0.15, 0.2) is 9.84 Å². The number of nitrogens with one attached hydrogen (secondary N) is 1. The molecular weight excluding hydrogens is 350 g/mol. The Labute approximate surface area is 126 Å². The van der Waals surface area contributed by atoms with Gasteiger partial charge in [0.25, 0.3) is 5.91 Å². The molecular formula is C12H14BrNO3S2. The maximum absolute atomic E-state index is 12.2. The first-order valence-corrected chi connectivity index (χ1v) is 8.78. The molecule has 4 nitrogen and oxygen atoms in total. The second-order valence-electron chi connectivity index (χ2n) is 5.02. The average molecular weight is 364 g/mol. The van der Waals surface area contributed by atoms with Gasteiger partial charge in [0, 0.05) is 9.37 Å². The summed E-state index contributed by atoms with van der Waals surface area (Å²) in [5.74, 6) is -0.181. The number of hydrogen-bond donors (Lipinski definition) is 2. The molecule has 1 saturated heterocycles. The lowest BCUT2D eigenvalue weighted by Gasteiger charge is -2.24. The summed E-state index contributed by atoms with van der Waals surface area (Å²) in [5.41, 5.74) is -0.250. The van der Waals surface area contributed by atoms with Crippen molar-refractivity contribution < 1.29 is 13.2 Å². The minimum Gasteiger partial charge on any atom is -0.346 e. The average Bonchev–Trinajstić information content (AvgIpc) is 2.52. The Morgan fingerprint density at radius 3 is 2.68 bits per heavy atom. The number of carbonyl (C=O) groups excluding carboxylic acids is 1. The second-order valence-corrected chi connectivity index (χ2v) is 8.60. The van der Waals surface area contributed by atoms with Crippen LogP contribution in [0, 0.1) is 0 Å². The van der Waals surface area contributed by atoms with Gasteiger partial charge < -0.3 is 5.32 Å². The molecule has 0 aliphatic carbocycles. The Hall–Kier alpha value is -0.530. The van der Waals surface area contributed by atoms with Gasteiger partial charge in [0.05, 0.1) is 22.6 Å². The van der Waals surface area contributed by atoms with Gasteiger partial charge in [-0.15, -0.1) is 12.6 Å². The molecule has 0 radical (unpaired) electrons. The number of amides is 1. The van der Waals surface area contributed by atoms with Crippen LogP contribution in [0.1, 0.15) is 23.7 Å². The lowest BCUT2D eigenvalue weighted by Crippen LogP contribution is -2.47. The molecule has 1 unspecified atom stereocenters. The molecule has 1 heterocycles. The van der Waals surface area contributed by atoms with E-state index in [9.17, 15) is 13.2 Å². The van der Waals surface area contributed by atoms with Crippen LogP contribution >= 0.6 is 28.6 Å². The maximum Gasteiger partial charge on any atom is 0.252 e. The first-order chi connectivity index (χ1) is 8.71. The SMILES string of the molecule is CC1(NC(=O)c2ccc(Br)cc2S)CCS(=O)(=O)C1. The van der Waals surface area contributed by atoms with Crippen molar-refractivity contribution in [2.24, 2.45) is 0 Å². The topological polar surface area (TPSA) is 63.2 Å². The normalized spacial score (nSPS) is 25.2. The number of hydrogen-bond acceptors (Lipinski definition) is 4. The van der Waals surface area contributed by atoms with E-state index in [4.69, 9.17) is 0 Å². The smallest absolute Gasteiger partial charge is 0.252 e. The molecule has 1 N–H and O–H groups in total. The van der Waals surface area contributed by atoms with E-state index in [-0.39, 0.29) is 17.4 Å². The summed E-state index contributed by atoms with van der Waals surface area (Å²) >= 11 is 7.55. The third kappa shape index (κ3) is 3.52. The van der Waals surface area contributed by atoms with Crippen LogP contribution in [0.4, 0.5) is 0 Å². The lowest BCUT2D eigenvalue weighted by atomic mass is 10.0. The first-order valence-electron chi connectivity index (χ1n) is 5.72. The van der Waals surface area contributed by atoms with E-state index in [1.165, 1.54) is 0 Å². The van der Waals surface area contributed by atoms with E-state index >= 15 is 0 Å². The summed E-state index contributed by atoms with van der Waals surface area (Å²) in [4.78, 5) is 12.7. The summed E-state index contributed by atoms with van der Waals surface area (Å²) in [7, 11) is -3.04. The molecule has 7 heteroatoms. The highest BCUT2D eigenvalue weighted by Crippen LogP contribution is 2.25. The fourth-order valence-corrected chi connectivity index (χ4v) is 5.09. The highest BCUT2D eigenvalue weighted by Gasteiger charge is 2.39. The molecule has 0 aromatic heterocycles. The van der Waals surface area contributed by atoms with Gasteiger partial charge in [-0.3, -0.25) is 4.79 Å². The number of halogens is 1. The molecule has 1 fully saturated rings. The van der Waals surface area contributed by atoms with Crippen LogP contribution in [-0.4, -0.2) is 31.4 Å². The molecule has 0 spiro atoms. The number of benzene rings is 1. The van der Waals surface area contributed by atoms with E-state index in [2.05, 4.69) is 33.9 Å². The fraction of sp³-hybridized carbons (Fsp3) is 0.417. The number of thiol groups is 1. The Bertz CT molecular complexity index is 630. The van der Waals surface area contributed by atoms with Crippen molar-refractivity contribution >= 4 is 44.3 Å². The predicted molar refractivity (Wildman–Crippen MR) is 80.5 cm³/mol. The van der Waals surface area contributed by atoms with E-state index in [1.807, 2.05) is 0 Å². The highest BCUT2D eigenvalue weighted by atomic mass is 79.9. The van der Waals surface area contributed by atoms with Crippen LogP contribution in [0.25, 0.3) is 0 Å². The van der Waals surface area contributed by atoms with Gasteiger partial charge in [-0.25, -0.2) is 8.42 Å². The van der Waals surface area contributed by atoms with Crippen molar-refractivity contribution in [3.63, 3.8) is 0 Å². The summed E-state index contributed by atoms with van der Waals surface area (Å²) in [6.45, 7) is 1.76. The van der Waals surface area contributed by atoms with Gasteiger partial charge in [-0.2, -0.15) is 0 Å². The van der Waals surface area contributed by atoms with E-state index in [0.29, 0.717) is 16.9 Å².